The van der Waals surface area contributed by atoms with Gasteiger partial charge in [-0.2, -0.15) is 0 Å². The molecule has 190 valence electrons. The van der Waals surface area contributed by atoms with Crippen molar-refractivity contribution in [3.8, 4) is 0 Å². The minimum atomic E-state index is -1.30. The number of aliphatic carboxylic acids is 1. The number of nitrogens with two attached hydrogens (primary N) is 1. The number of hydrogen-bond donors (Lipinski definition) is 3. The van der Waals surface area contributed by atoms with E-state index in [-0.39, 0.29) is 46.5 Å². The van der Waals surface area contributed by atoms with Crippen LogP contribution in [-0.2, 0) is 24.0 Å². The molecule has 13 nitrogen and oxygen atoms in total. The number of nitrogen functional groups attached to an aromatic ring is 1. The Balaban J connectivity index is 1.30. The first-order valence-electron chi connectivity index (χ1n) is 11.0. The van der Waals surface area contributed by atoms with E-state index in [0.29, 0.717) is 4.34 Å². The predicted octanol–water partition coefficient (Wildman–Crippen LogP) is 1.05. The lowest BCUT2D eigenvalue weighted by Crippen LogP contribution is -2.73. The van der Waals surface area contributed by atoms with Gasteiger partial charge in [-0.05, 0) is 25.7 Å². The summed E-state index contributed by atoms with van der Waals surface area (Å²) in [5.74, 6) is -2.19. The van der Waals surface area contributed by atoms with Gasteiger partial charge < -0.3 is 25.7 Å². The third-order valence-electron chi connectivity index (χ3n) is 5.88. The molecule has 0 unspecified atom stereocenters. The van der Waals surface area contributed by atoms with Crippen LogP contribution >= 0.6 is 34.4 Å². The van der Waals surface area contributed by atoms with Crippen molar-refractivity contribution < 1.29 is 29.1 Å². The van der Waals surface area contributed by atoms with Gasteiger partial charge in [0.2, 0.25) is 0 Å². The van der Waals surface area contributed by atoms with Crippen molar-refractivity contribution in [2.45, 2.75) is 48.2 Å². The van der Waals surface area contributed by atoms with Crippen LogP contribution < -0.4 is 11.1 Å². The van der Waals surface area contributed by atoms with E-state index in [1.165, 1.54) is 23.1 Å². The molecule has 1 saturated heterocycles. The number of carbonyl (C=O) groups is 3. The molecule has 2 aliphatic heterocycles. The van der Waals surface area contributed by atoms with Gasteiger partial charge in [-0.25, -0.2) is 9.78 Å². The highest BCUT2D eigenvalue weighted by atomic mass is 32.2. The highest BCUT2D eigenvalue weighted by Crippen LogP contribution is 2.35. The van der Waals surface area contributed by atoms with Gasteiger partial charge in [0.05, 0.1) is 5.75 Å². The maximum absolute atomic E-state index is 13.1. The molecule has 1 aliphatic carbocycles. The van der Waals surface area contributed by atoms with Crippen molar-refractivity contribution in [2.75, 3.05) is 18.1 Å². The number of thioether (sulfide) groups is 1. The lowest BCUT2D eigenvalue weighted by molar-refractivity contribution is -0.160. The SMILES string of the molecule is Nc1nc(/C(=N/OC2CCCC2)C(=O)N[C@@H]2C(=O)N3C(C(=O)O)=C(CSc4nncs4)OC[C@H]23)cs1. The normalized spacial score (nSPS) is 22.2. The van der Waals surface area contributed by atoms with Crippen molar-refractivity contribution in [3.63, 3.8) is 0 Å². The van der Waals surface area contributed by atoms with Crippen molar-refractivity contribution in [1.29, 1.82) is 0 Å². The minimum Gasteiger partial charge on any atom is -0.492 e. The number of amides is 2. The molecule has 1 saturated carbocycles. The van der Waals surface area contributed by atoms with Gasteiger partial charge in [0, 0.05) is 5.38 Å². The van der Waals surface area contributed by atoms with Gasteiger partial charge >= 0.3 is 5.97 Å². The number of oxime groups is 1. The first kappa shape index (κ1) is 24.5. The van der Waals surface area contributed by atoms with E-state index in [0.717, 1.165) is 41.9 Å². The Morgan fingerprint density at radius 2 is 2.17 bits per heavy atom. The van der Waals surface area contributed by atoms with Crippen LogP contribution in [0.15, 0.2) is 31.8 Å². The van der Waals surface area contributed by atoms with E-state index in [1.807, 2.05) is 0 Å². The predicted molar refractivity (Wildman–Crippen MR) is 130 cm³/mol. The number of hydrogen-bond acceptors (Lipinski definition) is 13. The van der Waals surface area contributed by atoms with Gasteiger partial charge in [-0.15, -0.1) is 21.5 Å². The zero-order chi connectivity index (χ0) is 25.2. The van der Waals surface area contributed by atoms with Crippen LogP contribution in [0, 0.1) is 0 Å². The minimum absolute atomic E-state index is 0.0220. The maximum Gasteiger partial charge on any atom is 0.356 e. The Hall–Kier alpha value is -3.24. The summed E-state index contributed by atoms with van der Waals surface area (Å²) in [5.41, 5.74) is 7.19. The van der Waals surface area contributed by atoms with Crippen LogP contribution in [0.5, 0.6) is 0 Å². The molecular formula is C20H21N7O6S3. The molecule has 16 heteroatoms. The van der Waals surface area contributed by atoms with E-state index in [4.69, 9.17) is 15.3 Å². The van der Waals surface area contributed by atoms with Gasteiger partial charge in [0.1, 0.15) is 41.8 Å². The number of aromatic nitrogens is 3. The maximum atomic E-state index is 13.1. The Bertz CT molecular complexity index is 1220. The number of β-lactam (4-membered cyclic amide) rings is 1. The van der Waals surface area contributed by atoms with E-state index < -0.39 is 29.9 Å². The van der Waals surface area contributed by atoms with Crippen LogP contribution in [0.1, 0.15) is 31.4 Å². The van der Waals surface area contributed by atoms with Crippen molar-refractivity contribution in [2.24, 2.45) is 5.16 Å². The summed E-state index contributed by atoms with van der Waals surface area (Å²) in [6.45, 7) is 0.0220. The monoisotopic (exact) mass is 551 g/mol. The third-order valence-corrected chi connectivity index (χ3v) is 8.42. The summed E-state index contributed by atoms with van der Waals surface area (Å²) >= 11 is 3.72. The van der Waals surface area contributed by atoms with Gasteiger partial charge in [-0.1, -0.05) is 28.3 Å². The van der Waals surface area contributed by atoms with Gasteiger partial charge in [0.15, 0.2) is 20.9 Å². The molecule has 0 radical (unpaired) electrons. The summed E-state index contributed by atoms with van der Waals surface area (Å²) in [4.78, 5) is 49.0. The lowest BCUT2D eigenvalue weighted by Gasteiger charge is -2.49. The molecule has 2 aromatic rings. The Morgan fingerprint density at radius 1 is 1.36 bits per heavy atom. The number of ether oxygens (including phenoxy) is 1. The molecule has 2 amide bonds. The second kappa shape index (κ2) is 10.4. The summed E-state index contributed by atoms with van der Waals surface area (Å²) in [6.07, 6.45) is 3.66. The Morgan fingerprint density at radius 3 is 2.83 bits per heavy atom. The number of nitrogens with one attached hydrogen (secondary N) is 1. The van der Waals surface area contributed by atoms with Crippen molar-refractivity contribution in [1.82, 2.24) is 25.4 Å². The average molecular weight is 552 g/mol. The summed E-state index contributed by atoms with van der Waals surface area (Å²) in [6, 6.07) is -1.67. The molecule has 36 heavy (non-hydrogen) atoms. The average Bonchev–Trinajstić information content (AvgIpc) is 3.64. The molecule has 3 aliphatic rings. The second-order valence-electron chi connectivity index (χ2n) is 8.13. The van der Waals surface area contributed by atoms with Crippen molar-refractivity contribution >= 4 is 63.1 Å². The number of fused-ring (bicyclic) bond motifs is 1. The summed E-state index contributed by atoms with van der Waals surface area (Å²) < 4.78 is 6.36. The fraction of sp³-hybridized carbons (Fsp3) is 0.450. The number of nitrogens with zero attached hydrogens (tertiary/aromatic N) is 5. The molecular weight excluding hydrogens is 530 g/mol. The highest BCUT2D eigenvalue weighted by molar-refractivity contribution is 8.01. The lowest BCUT2D eigenvalue weighted by atomic mass is 9.92. The molecule has 2 atom stereocenters. The number of carboxylic acids is 1. The molecule has 4 heterocycles. The van der Waals surface area contributed by atoms with Gasteiger partial charge in [0.25, 0.3) is 11.8 Å². The zero-order valence-electron chi connectivity index (χ0n) is 18.7. The fourth-order valence-electron chi connectivity index (χ4n) is 4.16. The van der Waals surface area contributed by atoms with Crippen LogP contribution in [0.3, 0.4) is 0 Å². The smallest absolute Gasteiger partial charge is 0.356 e. The first-order valence-corrected chi connectivity index (χ1v) is 13.7. The van der Waals surface area contributed by atoms with E-state index in [9.17, 15) is 19.5 Å². The number of carbonyl (C=O) groups excluding carboxylic acids is 2. The Kier molecular flexibility index (Phi) is 7.06. The molecule has 2 fully saturated rings. The second-order valence-corrected chi connectivity index (χ2v) is 11.1. The largest absolute Gasteiger partial charge is 0.492 e. The molecule has 4 N–H and O–H groups in total. The number of anilines is 1. The molecule has 0 bridgehead atoms. The van der Waals surface area contributed by atoms with Gasteiger partial charge in [-0.3, -0.25) is 14.5 Å². The quantitative estimate of drug-likeness (QED) is 0.175. The zero-order valence-corrected chi connectivity index (χ0v) is 21.1. The third kappa shape index (κ3) is 4.87. The van der Waals surface area contributed by atoms with Crippen LogP contribution in [0.4, 0.5) is 5.13 Å². The van der Waals surface area contributed by atoms with E-state index in [1.54, 1.807) is 10.9 Å². The summed E-state index contributed by atoms with van der Waals surface area (Å²) in [5, 5.41) is 26.0. The molecule has 0 spiro atoms. The fourth-order valence-corrected chi connectivity index (χ4v) is 6.14. The van der Waals surface area contributed by atoms with E-state index >= 15 is 0 Å². The number of thiazole rings is 1. The van der Waals surface area contributed by atoms with Crippen molar-refractivity contribution in [3.05, 3.63) is 28.0 Å². The molecule has 5 rings (SSSR count). The number of carboxylic acid groups (broad SMARTS) is 1. The molecule has 0 aromatic carbocycles. The van der Waals surface area contributed by atoms with Crippen LogP contribution in [-0.4, -0.2) is 79.2 Å². The number of rotatable bonds is 9. The highest BCUT2D eigenvalue weighted by Gasteiger charge is 2.55. The molecule has 2 aromatic heterocycles. The Labute approximate surface area is 216 Å². The standard InChI is InChI=1S/C20H21N7O6S3/c21-19-23-10(6-34-19)13(26-33-9-3-1-2-4-9)16(28)24-14-11-5-32-12(7-35-20-25-22-8-36-20)15(18(30)31)27(11)17(14)29/h6,8-9,11,14H,1-5,7H2,(H2,21,23)(H,24,28)(H,30,31)/b26-13-/t11-,14+/m1/s1. The first-order chi connectivity index (χ1) is 17.4. The van der Waals surface area contributed by atoms with Crippen LogP contribution in [0.2, 0.25) is 0 Å². The topological polar surface area (TPSA) is 182 Å². The summed E-state index contributed by atoms with van der Waals surface area (Å²) in [7, 11) is 0. The van der Waals surface area contributed by atoms with E-state index in [2.05, 4.69) is 25.7 Å². The van der Waals surface area contributed by atoms with Crippen LogP contribution in [0.25, 0.3) is 0 Å².